The summed E-state index contributed by atoms with van der Waals surface area (Å²) in [4.78, 5) is 24.4. The highest BCUT2D eigenvalue weighted by atomic mass is 16.5. The summed E-state index contributed by atoms with van der Waals surface area (Å²) in [6.45, 7) is 5.37. The predicted octanol–water partition coefficient (Wildman–Crippen LogP) is 3.90. The van der Waals surface area contributed by atoms with Crippen LogP contribution in [0.1, 0.15) is 23.6 Å². The molecule has 0 saturated heterocycles. The third kappa shape index (κ3) is 5.61. The van der Waals surface area contributed by atoms with Gasteiger partial charge in [0, 0.05) is 23.4 Å². The monoisotopic (exact) mass is 383 g/mol. The molecule has 0 heterocycles. The van der Waals surface area contributed by atoms with Gasteiger partial charge in [0.25, 0.3) is 5.91 Å². The molecule has 0 aromatic heterocycles. The maximum Gasteiger partial charge on any atom is 0.331 e. The Morgan fingerprint density at radius 2 is 1.79 bits per heavy atom. The van der Waals surface area contributed by atoms with Gasteiger partial charge in [-0.2, -0.15) is 0 Å². The molecule has 0 aliphatic heterocycles. The molecular formula is C22H25NO5. The fourth-order valence-corrected chi connectivity index (χ4v) is 2.49. The zero-order valence-electron chi connectivity index (χ0n) is 16.7. The van der Waals surface area contributed by atoms with E-state index in [4.69, 9.17) is 14.2 Å². The smallest absolute Gasteiger partial charge is 0.331 e. The number of esters is 1. The van der Waals surface area contributed by atoms with Crippen LogP contribution >= 0.6 is 0 Å². The largest absolute Gasteiger partial charge is 0.497 e. The summed E-state index contributed by atoms with van der Waals surface area (Å²) < 4.78 is 15.6. The Labute approximate surface area is 165 Å². The Balaban J connectivity index is 1.99. The highest BCUT2D eigenvalue weighted by Gasteiger charge is 2.17. The number of ether oxygens (including phenoxy) is 3. The standard InChI is InChI=1S/C22H25NO5/c1-14-6-7-15(2)19(12-14)23-22(25)16(3)28-21(24)11-9-17-8-10-18(26-4)13-20(17)27-5/h6-13,16H,1-5H3,(H,23,25). The quantitative estimate of drug-likeness (QED) is 0.580. The van der Waals surface area contributed by atoms with Gasteiger partial charge in [0.2, 0.25) is 0 Å². The van der Waals surface area contributed by atoms with E-state index in [0.29, 0.717) is 22.7 Å². The summed E-state index contributed by atoms with van der Waals surface area (Å²) in [5, 5.41) is 2.79. The summed E-state index contributed by atoms with van der Waals surface area (Å²) in [6.07, 6.45) is 1.89. The molecule has 0 bridgehead atoms. The molecule has 6 nitrogen and oxygen atoms in total. The van der Waals surface area contributed by atoms with E-state index >= 15 is 0 Å². The van der Waals surface area contributed by atoms with Gasteiger partial charge >= 0.3 is 5.97 Å². The highest BCUT2D eigenvalue weighted by molar-refractivity contribution is 5.97. The van der Waals surface area contributed by atoms with Crippen molar-refractivity contribution in [3.8, 4) is 11.5 Å². The Hall–Kier alpha value is -3.28. The number of anilines is 1. The van der Waals surface area contributed by atoms with Crippen LogP contribution < -0.4 is 14.8 Å². The first-order valence-corrected chi connectivity index (χ1v) is 8.83. The SMILES string of the molecule is COc1ccc(C=CC(=O)OC(C)C(=O)Nc2cc(C)ccc2C)c(OC)c1. The average molecular weight is 383 g/mol. The van der Waals surface area contributed by atoms with Gasteiger partial charge in [0.15, 0.2) is 6.10 Å². The van der Waals surface area contributed by atoms with Crippen LogP contribution in [-0.4, -0.2) is 32.2 Å². The molecule has 0 spiro atoms. The molecule has 6 heteroatoms. The third-order valence-electron chi connectivity index (χ3n) is 4.15. The van der Waals surface area contributed by atoms with Crippen molar-refractivity contribution in [3.05, 3.63) is 59.2 Å². The molecular weight excluding hydrogens is 358 g/mol. The van der Waals surface area contributed by atoms with Crippen molar-refractivity contribution in [3.63, 3.8) is 0 Å². The molecule has 0 aliphatic rings. The lowest BCUT2D eigenvalue weighted by atomic mass is 10.1. The van der Waals surface area contributed by atoms with Crippen molar-refractivity contribution in [2.45, 2.75) is 26.9 Å². The van der Waals surface area contributed by atoms with Gasteiger partial charge < -0.3 is 19.5 Å². The molecule has 28 heavy (non-hydrogen) atoms. The van der Waals surface area contributed by atoms with Gasteiger partial charge in [-0.25, -0.2) is 4.79 Å². The molecule has 0 radical (unpaired) electrons. The van der Waals surface area contributed by atoms with Crippen LogP contribution in [0.15, 0.2) is 42.5 Å². The van der Waals surface area contributed by atoms with E-state index in [1.165, 1.54) is 20.1 Å². The normalized spacial score (nSPS) is 11.8. The highest BCUT2D eigenvalue weighted by Crippen LogP contribution is 2.25. The molecule has 0 fully saturated rings. The summed E-state index contributed by atoms with van der Waals surface area (Å²) in [5.41, 5.74) is 3.35. The molecule has 0 aliphatic carbocycles. The lowest BCUT2D eigenvalue weighted by Gasteiger charge is -2.14. The van der Waals surface area contributed by atoms with E-state index in [1.54, 1.807) is 31.4 Å². The van der Waals surface area contributed by atoms with Crippen molar-refractivity contribution in [1.82, 2.24) is 0 Å². The molecule has 2 aromatic carbocycles. The second-order valence-corrected chi connectivity index (χ2v) is 6.33. The van der Waals surface area contributed by atoms with Crippen molar-refractivity contribution < 1.29 is 23.8 Å². The van der Waals surface area contributed by atoms with Crippen LogP contribution in [0.4, 0.5) is 5.69 Å². The first kappa shape index (κ1) is 21.0. The van der Waals surface area contributed by atoms with Gasteiger partial charge in [0.1, 0.15) is 11.5 Å². The molecule has 1 atom stereocenters. The number of rotatable bonds is 7. The van der Waals surface area contributed by atoms with E-state index in [2.05, 4.69) is 5.32 Å². The number of amides is 1. The predicted molar refractivity (Wildman–Crippen MR) is 109 cm³/mol. The topological polar surface area (TPSA) is 73.9 Å². The van der Waals surface area contributed by atoms with E-state index in [-0.39, 0.29) is 0 Å². The second-order valence-electron chi connectivity index (χ2n) is 6.33. The van der Waals surface area contributed by atoms with Crippen LogP contribution in [0, 0.1) is 13.8 Å². The van der Waals surface area contributed by atoms with Crippen molar-refractivity contribution >= 4 is 23.6 Å². The van der Waals surface area contributed by atoms with Gasteiger partial charge in [-0.15, -0.1) is 0 Å². The third-order valence-corrected chi connectivity index (χ3v) is 4.15. The number of carbonyl (C=O) groups is 2. The Bertz CT molecular complexity index is 888. The summed E-state index contributed by atoms with van der Waals surface area (Å²) in [7, 11) is 3.09. The average Bonchev–Trinajstić information content (AvgIpc) is 2.68. The minimum absolute atomic E-state index is 0.391. The summed E-state index contributed by atoms with van der Waals surface area (Å²) in [5.74, 6) is 0.191. The molecule has 1 amide bonds. The summed E-state index contributed by atoms with van der Waals surface area (Å²) in [6, 6.07) is 11.0. The Morgan fingerprint density at radius 1 is 1.04 bits per heavy atom. The molecule has 2 aromatic rings. The zero-order chi connectivity index (χ0) is 20.7. The fraction of sp³-hybridized carbons (Fsp3) is 0.273. The van der Waals surface area contributed by atoms with Crippen molar-refractivity contribution in [1.29, 1.82) is 0 Å². The fourth-order valence-electron chi connectivity index (χ4n) is 2.49. The molecule has 1 N–H and O–H groups in total. The van der Waals surface area contributed by atoms with Crippen LogP contribution in [-0.2, 0) is 14.3 Å². The number of hydrogen-bond acceptors (Lipinski definition) is 5. The summed E-state index contributed by atoms with van der Waals surface area (Å²) >= 11 is 0. The van der Waals surface area contributed by atoms with Gasteiger partial charge in [-0.05, 0) is 56.2 Å². The Morgan fingerprint density at radius 3 is 2.46 bits per heavy atom. The number of methoxy groups -OCH3 is 2. The first-order chi connectivity index (χ1) is 13.3. The maximum atomic E-state index is 12.3. The van der Waals surface area contributed by atoms with Crippen LogP contribution in [0.25, 0.3) is 6.08 Å². The van der Waals surface area contributed by atoms with Crippen molar-refractivity contribution in [2.24, 2.45) is 0 Å². The molecule has 2 rings (SSSR count). The number of hydrogen-bond donors (Lipinski definition) is 1. The Kier molecular flexibility index (Phi) is 7.21. The number of carbonyl (C=O) groups excluding carboxylic acids is 2. The zero-order valence-corrected chi connectivity index (χ0v) is 16.7. The lowest BCUT2D eigenvalue weighted by Crippen LogP contribution is -2.29. The van der Waals surface area contributed by atoms with Gasteiger partial charge in [-0.3, -0.25) is 4.79 Å². The number of benzene rings is 2. The van der Waals surface area contributed by atoms with Gasteiger partial charge in [0.05, 0.1) is 14.2 Å². The van der Waals surface area contributed by atoms with Crippen LogP contribution in [0.3, 0.4) is 0 Å². The maximum absolute atomic E-state index is 12.3. The van der Waals surface area contributed by atoms with Crippen LogP contribution in [0.5, 0.6) is 11.5 Å². The van der Waals surface area contributed by atoms with Gasteiger partial charge in [-0.1, -0.05) is 12.1 Å². The minimum atomic E-state index is -0.935. The molecule has 1 unspecified atom stereocenters. The van der Waals surface area contributed by atoms with E-state index in [0.717, 1.165) is 11.1 Å². The van der Waals surface area contributed by atoms with E-state index in [9.17, 15) is 9.59 Å². The van der Waals surface area contributed by atoms with Crippen molar-refractivity contribution in [2.75, 3.05) is 19.5 Å². The minimum Gasteiger partial charge on any atom is -0.497 e. The van der Waals surface area contributed by atoms with Crippen LogP contribution in [0.2, 0.25) is 0 Å². The first-order valence-electron chi connectivity index (χ1n) is 8.83. The van der Waals surface area contributed by atoms with E-state index < -0.39 is 18.0 Å². The lowest BCUT2D eigenvalue weighted by molar-refractivity contribution is -0.148. The number of aryl methyl sites for hydroxylation is 2. The molecule has 0 saturated carbocycles. The van der Waals surface area contributed by atoms with E-state index in [1.807, 2.05) is 32.0 Å². The number of nitrogens with one attached hydrogen (secondary N) is 1. The second kappa shape index (κ2) is 9.60. The molecule has 148 valence electrons.